The number of fused-ring (bicyclic) bond motifs is 1. The summed E-state index contributed by atoms with van der Waals surface area (Å²) in [5.41, 5.74) is 3.36. The highest BCUT2D eigenvalue weighted by atomic mass is 32.2. The number of nitrogens with one attached hydrogen (secondary N) is 1. The van der Waals surface area contributed by atoms with E-state index < -0.39 is 0 Å². The first-order valence-corrected chi connectivity index (χ1v) is 11.5. The van der Waals surface area contributed by atoms with Crippen LogP contribution in [0.15, 0.2) is 47.6 Å². The molecule has 8 heteroatoms. The topological polar surface area (TPSA) is 69.0 Å². The molecule has 4 rings (SSSR count). The number of aryl methyl sites for hydroxylation is 2. The van der Waals surface area contributed by atoms with Crippen molar-refractivity contribution in [3.63, 3.8) is 0 Å². The molecular weight excluding hydrogens is 415 g/mol. The molecule has 0 bridgehead atoms. The summed E-state index contributed by atoms with van der Waals surface area (Å²) in [6.45, 7) is 3.01. The molecule has 31 heavy (non-hydrogen) atoms. The third kappa shape index (κ3) is 5.44. The number of thioether (sulfide) groups is 1. The molecule has 2 aromatic carbocycles. The normalized spacial score (nSPS) is 13.0. The zero-order valence-corrected chi connectivity index (χ0v) is 18.3. The van der Waals surface area contributed by atoms with E-state index >= 15 is 0 Å². The number of aromatic nitrogens is 3. The van der Waals surface area contributed by atoms with Crippen LogP contribution in [-0.4, -0.2) is 26.4 Å². The molecule has 0 radical (unpaired) electrons. The van der Waals surface area contributed by atoms with Crippen LogP contribution in [-0.2, 0) is 30.8 Å². The quantitative estimate of drug-likeness (QED) is 0.518. The summed E-state index contributed by atoms with van der Waals surface area (Å²) >= 11 is 1.31. The van der Waals surface area contributed by atoms with Crippen LogP contribution in [0.2, 0.25) is 0 Å². The molecule has 1 heterocycles. The third-order valence-corrected chi connectivity index (χ3v) is 6.22. The zero-order chi connectivity index (χ0) is 21.6. The minimum absolute atomic E-state index is 0.182. The number of benzene rings is 2. The van der Waals surface area contributed by atoms with E-state index in [2.05, 4.69) is 27.6 Å². The molecular formula is C23H25FN4O2S. The lowest BCUT2D eigenvalue weighted by molar-refractivity contribution is -0.113. The summed E-state index contributed by atoms with van der Waals surface area (Å²) in [6.07, 6.45) is 4.75. The van der Waals surface area contributed by atoms with Crippen molar-refractivity contribution < 1.29 is 13.9 Å². The van der Waals surface area contributed by atoms with Crippen LogP contribution in [0, 0.1) is 5.82 Å². The van der Waals surface area contributed by atoms with Crippen LogP contribution in [0.3, 0.4) is 0 Å². The molecule has 0 spiro atoms. The Morgan fingerprint density at radius 2 is 1.90 bits per heavy atom. The predicted molar refractivity (Wildman–Crippen MR) is 119 cm³/mol. The molecule has 1 amide bonds. The Labute approximate surface area is 185 Å². The SMILES string of the molecule is CCn1c(COc2ccc3c(c2)CCCC3)nnc1SCC(=O)Nc1ccc(F)cc1. The Kier molecular flexibility index (Phi) is 6.86. The van der Waals surface area contributed by atoms with Gasteiger partial charge >= 0.3 is 0 Å². The third-order valence-electron chi connectivity index (χ3n) is 5.26. The predicted octanol–water partition coefficient (Wildman–Crippen LogP) is 4.63. The van der Waals surface area contributed by atoms with E-state index in [0.29, 0.717) is 24.0 Å². The summed E-state index contributed by atoms with van der Waals surface area (Å²) in [7, 11) is 0. The van der Waals surface area contributed by atoms with Gasteiger partial charge in [0, 0.05) is 12.2 Å². The van der Waals surface area contributed by atoms with E-state index in [4.69, 9.17) is 4.74 Å². The van der Waals surface area contributed by atoms with Crippen molar-refractivity contribution in [1.29, 1.82) is 0 Å². The highest BCUT2D eigenvalue weighted by molar-refractivity contribution is 7.99. The molecule has 1 N–H and O–H groups in total. The average Bonchev–Trinajstić information content (AvgIpc) is 3.19. The second kappa shape index (κ2) is 9.96. The summed E-state index contributed by atoms with van der Waals surface area (Å²) in [5, 5.41) is 11.9. The average molecular weight is 441 g/mol. The zero-order valence-electron chi connectivity index (χ0n) is 17.4. The van der Waals surface area contributed by atoms with E-state index in [9.17, 15) is 9.18 Å². The van der Waals surface area contributed by atoms with Crippen LogP contribution in [0.25, 0.3) is 0 Å². The number of carbonyl (C=O) groups excluding carboxylic acids is 1. The Morgan fingerprint density at radius 1 is 1.13 bits per heavy atom. The summed E-state index contributed by atoms with van der Waals surface area (Å²) in [6, 6.07) is 12.0. The van der Waals surface area contributed by atoms with Crippen molar-refractivity contribution in [3.05, 3.63) is 65.2 Å². The van der Waals surface area contributed by atoms with Crippen LogP contribution in [0.1, 0.15) is 36.7 Å². The first-order chi connectivity index (χ1) is 15.1. The fourth-order valence-corrected chi connectivity index (χ4v) is 4.48. The molecule has 0 unspecified atom stereocenters. The van der Waals surface area contributed by atoms with Crippen LogP contribution in [0.5, 0.6) is 5.75 Å². The monoisotopic (exact) mass is 440 g/mol. The van der Waals surface area contributed by atoms with Gasteiger partial charge in [0.1, 0.15) is 18.2 Å². The fraction of sp³-hybridized carbons (Fsp3) is 0.348. The van der Waals surface area contributed by atoms with Crippen LogP contribution < -0.4 is 10.1 Å². The number of rotatable bonds is 8. The largest absolute Gasteiger partial charge is 0.486 e. The second-order valence-corrected chi connectivity index (χ2v) is 8.36. The van der Waals surface area contributed by atoms with Gasteiger partial charge in [-0.05, 0) is 80.1 Å². The number of hydrogen-bond acceptors (Lipinski definition) is 5. The maximum absolute atomic E-state index is 13.0. The van der Waals surface area contributed by atoms with Crippen molar-refractivity contribution in [3.8, 4) is 5.75 Å². The van der Waals surface area contributed by atoms with Crippen molar-refractivity contribution >= 4 is 23.4 Å². The Hall–Kier alpha value is -2.87. The fourth-order valence-electron chi connectivity index (χ4n) is 3.66. The first kappa shape index (κ1) is 21.4. The highest BCUT2D eigenvalue weighted by Gasteiger charge is 2.15. The van der Waals surface area contributed by atoms with Gasteiger partial charge in [0.15, 0.2) is 11.0 Å². The smallest absolute Gasteiger partial charge is 0.234 e. The molecule has 3 aromatic rings. The molecule has 6 nitrogen and oxygen atoms in total. The molecule has 0 fully saturated rings. The Balaban J connectivity index is 1.33. The lowest BCUT2D eigenvalue weighted by atomic mass is 9.92. The minimum atomic E-state index is -0.339. The molecule has 1 aliphatic carbocycles. The summed E-state index contributed by atoms with van der Waals surface area (Å²) < 4.78 is 20.9. The molecule has 0 aliphatic heterocycles. The standard InChI is InChI=1S/C23H25FN4O2S/c1-2-28-21(14-30-20-12-7-16-5-3-4-6-17(16)13-20)26-27-23(28)31-15-22(29)25-19-10-8-18(24)9-11-19/h7-13H,2-6,14-15H2,1H3,(H,25,29). The summed E-state index contributed by atoms with van der Waals surface area (Å²) in [5.74, 6) is 1.23. The molecule has 1 aromatic heterocycles. The maximum Gasteiger partial charge on any atom is 0.234 e. The Bertz CT molecular complexity index is 1050. The number of nitrogens with zero attached hydrogens (tertiary/aromatic N) is 3. The number of ether oxygens (including phenoxy) is 1. The molecule has 0 saturated heterocycles. The van der Waals surface area contributed by atoms with Gasteiger partial charge in [0.25, 0.3) is 0 Å². The second-order valence-electron chi connectivity index (χ2n) is 7.41. The van der Waals surface area contributed by atoms with E-state index in [1.807, 2.05) is 17.6 Å². The number of amides is 1. The van der Waals surface area contributed by atoms with Gasteiger partial charge < -0.3 is 14.6 Å². The van der Waals surface area contributed by atoms with Gasteiger partial charge in [-0.1, -0.05) is 17.8 Å². The number of carbonyl (C=O) groups is 1. The van der Waals surface area contributed by atoms with E-state index in [0.717, 1.165) is 24.4 Å². The molecule has 162 valence electrons. The first-order valence-electron chi connectivity index (χ1n) is 10.5. The number of anilines is 1. The van der Waals surface area contributed by atoms with Gasteiger partial charge in [-0.2, -0.15) is 0 Å². The van der Waals surface area contributed by atoms with Crippen LogP contribution in [0.4, 0.5) is 10.1 Å². The van der Waals surface area contributed by atoms with Gasteiger partial charge in [0.2, 0.25) is 5.91 Å². The number of hydrogen-bond donors (Lipinski definition) is 1. The van der Waals surface area contributed by atoms with E-state index in [1.165, 1.54) is 60.0 Å². The van der Waals surface area contributed by atoms with E-state index in [-0.39, 0.29) is 17.5 Å². The van der Waals surface area contributed by atoms with Crippen molar-refractivity contribution in [2.75, 3.05) is 11.1 Å². The van der Waals surface area contributed by atoms with Gasteiger partial charge in [-0.25, -0.2) is 4.39 Å². The highest BCUT2D eigenvalue weighted by Crippen LogP contribution is 2.26. The maximum atomic E-state index is 13.0. The molecule has 0 saturated carbocycles. The lowest BCUT2D eigenvalue weighted by Gasteiger charge is -2.16. The molecule has 0 atom stereocenters. The lowest BCUT2D eigenvalue weighted by Crippen LogP contribution is -2.15. The minimum Gasteiger partial charge on any atom is -0.486 e. The summed E-state index contributed by atoms with van der Waals surface area (Å²) in [4.78, 5) is 12.2. The van der Waals surface area contributed by atoms with Crippen LogP contribution >= 0.6 is 11.8 Å². The Morgan fingerprint density at radius 3 is 2.68 bits per heavy atom. The van der Waals surface area contributed by atoms with Gasteiger partial charge in [-0.3, -0.25) is 4.79 Å². The number of halogens is 1. The van der Waals surface area contributed by atoms with Gasteiger partial charge in [-0.15, -0.1) is 10.2 Å². The van der Waals surface area contributed by atoms with Crippen molar-refractivity contribution in [2.45, 2.75) is 50.9 Å². The van der Waals surface area contributed by atoms with Crippen molar-refractivity contribution in [2.24, 2.45) is 0 Å². The molecule has 1 aliphatic rings. The van der Waals surface area contributed by atoms with Crippen molar-refractivity contribution in [1.82, 2.24) is 14.8 Å². The van der Waals surface area contributed by atoms with Gasteiger partial charge in [0.05, 0.1) is 5.75 Å². The van der Waals surface area contributed by atoms with E-state index in [1.54, 1.807) is 0 Å².